The normalized spacial score (nSPS) is 9.75. The van der Waals surface area contributed by atoms with E-state index in [4.69, 9.17) is 5.26 Å². The van der Waals surface area contributed by atoms with Crippen LogP contribution in [-0.2, 0) is 11.5 Å². The molecule has 4 heteroatoms. The fourth-order valence-electron chi connectivity index (χ4n) is 0.812. The standard InChI is InChI=1S/C8H8O4/c9-8(10)7-3-1-6(2-4-7)5-12-11/h1-4,11H,5H2,(H,9,10)/p-1. The molecule has 64 valence electrons. The highest BCUT2D eigenvalue weighted by Gasteiger charge is 1.94. The van der Waals surface area contributed by atoms with Gasteiger partial charge in [-0.15, -0.1) is 0 Å². The van der Waals surface area contributed by atoms with E-state index < -0.39 is 5.97 Å². The molecule has 0 bridgehead atoms. The highest BCUT2D eigenvalue weighted by Crippen LogP contribution is 2.04. The van der Waals surface area contributed by atoms with Crippen LogP contribution < -0.4 is 5.11 Å². The molecule has 0 aliphatic heterocycles. The van der Waals surface area contributed by atoms with Crippen molar-refractivity contribution in [1.29, 1.82) is 0 Å². The molecule has 1 N–H and O–H groups in total. The molecule has 0 amide bonds. The lowest BCUT2D eigenvalue weighted by Gasteiger charge is -2.02. The van der Waals surface area contributed by atoms with Crippen LogP contribution in [0.5, 0.6) is 0 Å². The number of carboxylic acid groups (broad SMARTS) is 1. The van der Waals surface area contributed by atoms with Crippen molar-refractivity contribution in [3.05, 3.63) is 35.4 Å². The monoisotopic (exact) mass is 167 g/mol. The lowest BCUT2D eigenvalue weighted by Crippen LogP contribution is -2.21. The van der Waals surface area contributed by atoms with Crippen LogP contribution >= 0.6 is 0 Å². The minimum absolute atomic E-state index is 0.0489. The van der Waals surface area contributed by atoms with Crippen molar-refractivity contribution in [3.63, 3.8) is 0 Å². The lowest BCUT2D eigenvalue weighted by atomic mass is 10.1. The van der Waals surface area contributed by atoms with E-state index in [0.717, 1.165) is 0 Å². The Kier molecular flexibility index (Phi) is 2.79. The van der Waals surface area contributed by atoms with Gasteiger partial charge in [-0.3, -0.25) is 5.26 Å². The average Bonchev–Trinajstić information content (AvgIpc) is 2.06. The van der Waals surface area contributed by atoms with Crippen molar-refractivity contribution in [3.8, 4) is 0 Å². The van der Waals surface area contributed by atoms with Crippen LogP contribution in [0, 0.1) is 0 Å². The van der Waals surface area contributed by atoms with Crippen LogP contribution in [0.25, 0.3) is 0 Å². The maximum atomic E-state index is 10.3. The van der Waals surface area contributed by atoms with Gasteiger partial charge in [-0.05, 0) is 11.1 Å². The molecule has 0 heterocycles. The Morgan fingerprint density at radius 3 is 2.42 bits per heavy atom. The number of aromatic carboxylic acids is 1. The molecule has 0 fully saturated rings. The average molecular weight is 167 g/mol. The molecule has 0 radical (unpaired) electrons. The second kappa shape index (κ2) is 3.85. The fraction of sp³-hybridized carbons (Fsp3) is 0.125. The molecule has 0 aromatic heterocycles. The first-order valence-corrected chi connectivity index (χ1v) is 3.30. The number of carboxylic acids is 1. The molecule has 1 aromatic carbocycles. The molecule has 1 rings (SSSR count). The van der Waals surface area contributed by atoms with Gasteiger partial charge in [0.15, 0.2) is 0 Å². The van der Waals surface area contributed by atoms with Crippen molar-refractivity contribution in [2.24, 2.45) is 0 Å². The summed E-state index contributed by atoms with van der Waals surface area (Å²) < 4.78 is 0. The van der Waals surface area contributed by atoms with Gasteiger partial charge in [0.25, 0.3) is 0 Å². The molecule has 0 aliphatic rings. The molecule has 1 aromatic rings. The van der Waals surface area contributed by atoms with Gasteiger partial charge in [-0.25, -0.2) is 4.89 Å². The van der Waals surface area contributed by atoms with E-state index in [-0.39, 0.29) is 12.2 Å². The molecule has 0 saturated carbocycles. The zero-order valence-corrected chi connectivity index (χ0v) is 6.19. The number of hydrogen-bond acceptors (Lipinski definition) is 4. The molecule has 0 spiro atoms. The first kappa shape index (κ1) is 8.70. The van der Waals surface area contributed by atoms with Gasteiger partial charge >= 0.3 is 0 Å². The first-order valence-electron chi connectivity index (χ1n) is 3.30. The van der Waals surface area contributed by atoms with Gasteiger partial charge in [0.1, 0.15) is 6.61 Å². The summed E-state index contributed by atoms with van der Waals surface area (Å²) in [7, 11) is 0. The SMILES string of the molecule is O=C([O-])c1ccc(COO)cc1. The van der Waals surface area contributed by atoms with E-state index in [2.05, 4.69) is 4.89 Å². The quantitative estimate of drug-likeness (QED) is 0.509. The van der Waals surface area contributed by atoms with Crippen molar-refractivity contribution < 1.29 is 20.0 Å². The minimum Gasteiger partial charge on any atom is -0.545 e. The number of carbonyl (C=O) groups excluding carboxylic acids is 1. The van der Waals surface area contributed by atoms with Crippen LogP contribution in [0.15, 0.2) is 24.3 Å². The Bertz CT molecular complexity index is 265. The summed E-state index contributed by atoms with van der Waals surface area (Å²) in [5, 5.41) is 18.3. The summed E-state index contributed by atoms with van der Waals surface area (Å²) in [4.78, 5) is 14.1. The fourth-order valence-corrected chi connectivity index (χ4v) is 0.812. The molecular weight excluding hydrogens is 160 g/mol. The summed E-state index contributed by atoms with van der Waals surface area (Å²) in [6, 6.07) is 5.87. The number of carbonyl (C=O) groups is 1. The topological polar surface area (TPSA) is 69.6 Å². The number of hydrogen-bond donors (Lipinski definition) is 1. The predicted molar refractivity (Wildman–Crippen MR) is 38.2 cm³/mol. The first-order chi connectivity index (χ1) is 5.74. The van der Waals surface area contributed by atoms with E-state index in [1.807, 2.05) is 0 Å². The third-order valence-corrected chi connectivity index (χ3v) is 1.42. The molecule has 12 heavy (non-hydrogen) atoms. The van der Waals surface area contributed by atoms with Crippen molar-refractivity contribution in [2.45, 2.75) is 6.61 Å². The molecule has 0 saturated heterocycles. The van der Waals surface area contributed by atoms with E-state index in [1.54, 1.807) is 12.1 Å². The van der Waals surface area contributed by atoms with Crippen molar-refractivity contribution in [2.75, 3.05) is 0 Å². The maximum absolute atomic E-state index is 10.3. The Morgan fingerprint density at radius 1 is 1.42 bits per heavy atom. The molecule has 0 aliphatic carbocycles. The van der Waals surface area contributed by atoms with Crippen molar-refractivity contribution >= 4 is 5.97 Å². The molecule has 0 atom stereocenters. The summed E-state index contributed by atoms with van der Waals surface area (Å²) >= 11 is 0. The van der Waals surface area contributed by atoms with Gasteiger partial charge in [-0.2, -0.15) is 0 Å². The second-order valence-electron chi connectivity index (χ2n) is 2.26. The largest absolute Gasteiger partial charge is 0.545 e. The van der Waals surface area contributed by atoms with Crippen LogP contribution in [0.2, 0.25) is 0 Å². The van der Waals surface area contributed by atoms with E-state index >= 15 is 0 Å². The minimum atomic E-state index is -1.22. The highest BCUT2D eigenvalue weighted by atomic mass is 17.1. The van der Waals surface area contributed by atoms with Gasteiger partial charge in [0.2, 0.25) is 0 Å². The Balaban J connectivity index is 2.78. The van der Waals surface area contributed by atoms with E-state index in [0.29, 0.717) is 5.56 Å². The Morgan fingerprint density at radius 2 is 2.00 bits per heavy atom. The van der Waals surface area contributed by atoms with Crippen LogP contribution in [0.1, 0.15) is 15.9 Å². The summed E-state index contributed by atoms with van der Waals surface area (Å²) in [5.74, 6) is -1.22. The Labute approximate surface area is 69.0 Å². The van der Waals surface area contributed by atoms with Crippen LogP contribution in [0.4, 0.5) is 0 Å². The van der Waals surface area contributed by atoms with E-state index in [1.165, 1.54) is 12.1 Å². The zero-order valence-electron chi connectivity index (χ0n) is 6.19. The molecular formula is C8H7O4-. The van der Waals surface area contributed by atoms with E-state index in [9.17, 15) is 9.90 Å². The third-order valence-electron chi connectivity index (χ3n) is 1.42. The van der Waals surface area contributed by atoms with Gasteiger partial charge in [-0.1, -0.05) is 24.3 Å². The summed E-state index contributed by atoms with van der Waals surface area (Å²) in [6.07, 6.45) is 0. The number of rotatable bonds is 3. The molecule has 0 unspecified atom stereocenters. The lowest BCUT2D eigenvalue weighted by molar-refractivity contribution is -0.255. The molecule has 4 nitrogen and oxygen atoms in total. The van der Waals surface area contributed by atoms with Crippen LogP contribution in [0.3, 0.4) is 0 Å². The van der Waals surface area contributed by atoms with Crippen LogP contribution in [-0.4, -0.2) is 11.2 Å². The Hall–Kier alpha value is -1.39. The van der Waals surface area contributed by atoms with Gasteiger partial charge < -0.3 is 9.90 Å². The maximum Gasteiger partial charge on any atom is 0.107 e. The second-order valence-corrected chi connectivity index (χ2v) is 2.26. The van der Waals surface area contributed by atoms with Crippen molar-refractivity contribution in [1.82, 2.24) is 0 Å². The highest BCUT2D eigenvalue weighted by molar-refractivity contribution is 5.85. The van der Waals surface area contributed by atoms with Gasteiger partial charge in [0.05, 0.1) is 5.97 Å². The van der Waals surface area contributed by atoms with Gasteiger partial charge in [0, 0.05) is 0 Å². The third kappa shape index (κ3) is 2.05. The summed E-state index contributed by atoms with van der Waals surface area (Å²) in [5.41, 5.74) is 0.805. The number of benzene rings is 1. The smallest absolute Gasteiger partial charge is 0.107 e. The zero-order chi connectivity index (χ0) is 8.97. The predicted octanol–water partition coefficient (Wildman–Crippen LogP) is 0.0397. The summed E-state index contributed by atoms with van der Waals surface area (Å²) in [6.45, 7) is 0.0489.